The van der Waals surface area contributed by atoms with Gasteiger partial charge in [0.25, 0.3) is 0 Å². The topological polar surface area (TPSA) is 45.2 Å². The van der Waals surface area contributed by atoms with Crippen molar-refractivity contribution >= 4 is 27.7 Å². The van der Waals surface area contributed by atoms with Crippen LogP contribution >= 0.6 is 15.9 Å². The molecule has 1 aliphatic carbocycles. The van der Waals surface area contributed by atoms with Crippen molar-refractivity contribution in [3.63, 3.8) is 0 Å². The van der Waals surface area contributed by atoms with Gasteiger partial charge in [-0.1, -0.05) is 0 Å². The summed E-state index contributed by atoms with van der Waals surface area (Å²) in [6.45, 7) is 1.39. The van der Waals surface area contributed by atoms with E-state index in [2.05, 4.69) is 26.2 Å². The summed E-state index contributed by atoms with van der Waals surface area (Å²) in [5, 5.41) is 3.06. The Morgan fingerprint density at radius 2 is 1.96 bits per heavy atom. The van der Waals surface area contributed by atoms with Gasteiger partial charge in [-0.25, -0.2) is 4.98 Å². The fourth-order valence-corrected chi connectivity index (χ4v) is 3.87. The lowest BCUT2D eigenvalue weighted by molar-refractivity contribution is -0.137. The van der Waals surface area contributed by atoms with Gasteiger partial charge in [-0.3, -0.25) is 4.79 Å². The van der Waals surface area contributed by atoms with Crippen molar-refractivity contribution in [3.05, 3.63) is 22.3 Å². The van der Waals surface area contributed by atoms with Gasteiger partial charge in [0.05, 0.1) is 10.0 Å². The summed E-state index contributed by atoms with van der Waals surface area (Å²) < 4.78 is 38.5. The minimum Gasteiger partial charge on any atom is -0.356 e. The molecule has 1 saturated heterocycles. The molecular formula is C17H21BrF3N3O. The van der Waals surface area contributed by atoms with E-state index in [1.807, 2.05) is 4.90 Å². The normalized spacial score (nSPS) is 19.6. The van der Waals surface area contributed by atoms with Crippen molar-refractivity contribution in [2.45, 2.75) is 50.7 Å². The highest BCUT2D eigenvalue weighted by Gasteiger charge is 2.32. The Morgan fingerprint density at radius 3 is 2.48 bits per heavy atom. The van der Waals surface area contributed by atoms with E-state index >= 15 is 0 Å². The zero-order valence-electron chi connectivity index (χ0n) is 13.8. The third-order valence-electron chi connectivity index (χ3n) is 5.01. The summed E-state index contributed by atoms with van der Waals surface area (Å²) in [6.07, 6.45) is 2.05. The van der Waals surface area contributed by atoms with Gasteiger partial charge in [-0.2, -0.15) is 13.2 Å². The second-order valence-corrected chi connectivity index (χ2v) is 7.71. The first-order valence-corrected chi connectivity index (χ1v) is 9.39. The van der Waals surface area contributed by atoms with Crippen molar-refractivity contribution in [2.75, 3.05) is 18.0 Å². The monoisotopic (exact) mass is 419 g/mol. The highest BCUT2D eigenvalue weighted by Crippen LogP contribution is 2.35. The zero-order chi connectivity index (χ0) is 18.0. The third-order valence-corrected chi connectivity index (χ3v) is 5.59. The van der Waals surface area contributed by atoms with Crippen LogP contribution in [-0.4, -0.2) is 30.0 Å². The fraction of sp³-hybridized carbons (Fsp3) is 0.647. The Hall–Kier alpha value is -1.31. The molecule has 0 spiro atoms. The number of piperidine rings is 1. The number of rotatable bonds is 4. The second kappa shape index (κ2) is 7.51. The molecule has 1 aliphatic heterocycles. The van der Waals surface area contributed by atoms with Gasteiger partial charge >= 0.3 is 6.18 Å². The van der Waals surface area contributed by atoms with Gasteiger partial charge in [0, 0.05) is 31.7 Å². The number of nitrogens with zero attached hydrogens (tertiary/aromatic N) is 2. The summed E-state index contributed by atoms with van der Waals surface area (Å²) >= 11 is 3.20. The smallest absolute Gasteiger partial charge is 0.356 e. The quantitative estimate of drug-likeness (QED) is 0.797. The van der Waals surface area contributed by atoms with Gasteiger partial charge in [-0.05, 0) is 60.0 Å². The number of carbonyl (C=O) groups excluding carboxylic acids is 1. The minimum absolute atomic E-state index is 0.122. The summed E-state index contributed by atoms with van der Waals surface area (Å²) in [4.78, 5) is 18.0. The predicted molar refractivity (Wildman–Crippen MR) is 92.3 cm³/mol. The van der Waals surface area contributed by atoms with Crippen LogP contribution in [0.25, 0.3) is 0 Å². The predicted octanol–water partition coefficient (Wildman–Crippen LogP) is 4.14. The summed E-state index contributed by atoms with van der Waals surface area (Å²) in [5.74, 6) is 0.979. The summed E-state index contributed by atoms with van der Waals surface area (Å²) in [5.41, 5.74) is -0.759. The molecule has 1 aromatic rings. The lowest BCUT2D eigenvalue weighted by Crippen LogP contribution is -2.41. The molecule has 0 atom stereocenters. The molecule has 2 fully saturated rings. The van der Waals surface area contributed by atoms with Gasteiger partial charge < -0.3 is 10.2 Å². The maximum atomic E-state index is 12.7. The fourth-order valence-electron chi connectivity index (χ4n) is 3.27. The maximum absolute atomic E-state index is 12.7. The molecule has 4 nitrogen and oxygen atoms in total. The number of nitrogens with one attached hydrogen (secondary N) is 1. The average Bonchev–Trinajstić information content (AvgIpc) is 2.51. The Balaban J connectivity index is 1.52. The zero-order valence-corrected chi connectivity index (χ0v) is 15.4. The molecule has 0 aromatic carbocycles. The molecule has 138 valence electrons. The number of amides is 1. The van der Waals surface area contributed by atoms with Gasteiger partial charge in [0.1, 0.15) is 5.82 Å². The number of halogens is 4. The van der Waals surface area contributed by atoms with Crippen LogP contribution in [0.3, 0.4) is 0 Å². The van der Waals surface area contributed by atoms with Crippen LogP contribution in [0.2, 0.25) is 0 Å². The van der Waals surface area contributed by atoms with E-state index in [1.165, 1.54) is 6.42 Å². The van der Waals surface area contributed by atoms with E-state index in [0.717, 1.165) is 37.9 Å². The van der Waals surface area contributed by atoms with E-state index in [0.29, 0.717) is 41.8 Å². The molecule has 8 heteroatoms. The molecule has 3 rings (SSSR count). The molecule has 25 heavy (non-hydrogen) atoms. The van der Waals surface area contributed by atoms with Crippen molar-refractivity contribution in [3.8, 4) is 0 Å². The van der Waals surface area contributed by atoms with Crippen LogP contribution in [0, 0.1) is 5.92 Å². The van der Waals surface area contributed by atoms with Crippen LogP contribution in [0.1, 0.15) is 44.1 Å². The standard InChI is InChI=1S/C17H21BrF3N3O/c18-14-9-12(17(19,20)21)10-22-16(14)24-6-4-11(5-7-24)8-15(25)23-13-2-1-3-13/h9-11,13H,1-8H2,(H,23,25). The number of pyridine rings is 1. The largest absolute Gasteiger partial charge is 0.417 e. The molecule has 0 bridgehead atoms. The van der Waals surface area contributed by atoms with E-state index in [1.54, 1.807) is 0 Å². The van der Waals surface area contributed by atoms with E-state index in [9.17, 15) is 18.0 Å². The average molecular weight is 420 g/mol. The first-order valence-electron chi connectivity index (χ1n) is 8.60. The summed E-state index contributed by atoms with van der Waals surface area (Å²) in [6, 6.07) is 1.43. The van der Waals surface area contributed by atoms with Crippen LogP contribution in [0.15, 0.2) is 16.7 Å². The molecule has 1 amide bonds. The molecule has 0 radical (unpaired) electrons. The van der Waals surface area contributed by atoms with Crippen LogP contribution in [-0.2, 0) is 11.0 Å². The molecule has 2 aliphatic rings. The molecule has 1 N–H and O–H groups in total. The van der Waals surface area contributed by atoms with Crippen molar-refractivity contribution in [2.24, 2.45) is 5.92 Å². The van der Waals surface area contributed by atoms with Gasteiger partial charge in [0.2, 0.25) is 5.91 Å². The Bertz CT molecular complexity index is 626. The number of anilines is 1. The number of hydrogen-bond donors (Lipinski definition) is 1. The number of carbonyl (C=O) groups is 1. The first-order chi connectivity index (χ1) is 11.8. The molecule has 2 heterocycles. The Kier molecular flexibility index (Phi) is 5.55. The Labute approximate surface area is 153 Å². The number of aromatic nitrogens is 1. The van der Waals surface area contributed by atoms with Gasteiger partial charge in [0.15, 0.2) is 0 Å². The van der Waals surface area contributed by atoms with Crippen molar-refractivity contribution in [1.82, 2.24) is 10.3 Å². The maximum Gasteiger partial charge on any atom is 0.417 e. The Morgan fingerprint density at radius 1 is 1.28 bits per heavy atom. The van der Waals surface area contributed by atoms with Crippen LogP contribution in [0.4, 0.5) is 19.0 Å². The van der Waals surface area contributed by atoms with E-state index in [-0.39, 0.29) is 5.91 Å². The van der Waals surface area contributed by atoms with Crippen molar-refractivity contribution in [1.29, 1.82) is 0 Å². The molecule has 1 saturated carbocycles. The molecule has 1 aromatic heterocycles. The SMILES string of the molecule is O=C(CC1CCN(c2ncc(C(F)(F)F)cc2Br)CC1)NC1CCC1. The van der Waals surface area contributed by atoms with Gasteiger partial charge in [-0.15, -0.1) is 0 Å². The lowest BCUT2D eigenvalue weighted by atomic mass is 9.90. The van der Waals surface area contributed by atoms with Crippen LogP contribution in [0.5, 0.6) is 0 Å². The number of alkyl halides is 3. The first kappa shape index (κ1) is 18.5. The second-order valence-electron chi connectivity index (χ2n) is 6.86. The minimum atomic E-state index is -4.39. The molecule has 0 unspecified atom stereocenters. The lowest BCUT2D eigenvalue weighted by Gasteiger charge is -2.34. The van der Waals surface area contributed by atoms with Crippen LogP contribution < -0.4 is 10.2 Å². The molecular weight excluding hydrogens is 399 g/mol. The summed E-state index contributed by atoms with van der Waals surface area (Å²) in [7, 11) is 0. The van der Waals surface area contributed by atoms with E-state index in [4.69, 9.17) is 0 Å². The number of hydrogen-bond acceptors (Lipinski definition) is 3. The highest BCUT2D eigenvalue weighted by molar-refractivity contribution is 9.10. The van der Waals surface area contributed by atoms with E-state index < -0.39 is 11.7 Å². The third kappa shape index (κ3) is 4.65. The van der Waals surface area contributed by atoms with Crippen molar-refractivity contribution < 1.29 is 18.0 Å². The highest BCUT2D eigenvalue weighted by atomic mass is 79.9.